The van der Waals surface area contributed by atoms with Crippen LogP contribution in [-0.4, -0.2) is 11.1 Å². The van der Waals surface area contributed by atoms with Gasteiger partial charge in [-0.05, 0) is 57.9 Å². The summed E-state index contributed by atoms with van der Waals surface area (Å²) in [5, 5.41) is 8.53. The molecule has 0 radical (unpaired) electrons. The summed E-state index contributed by atoms with van der Waals surface area (Å²) in [5.41, 5.74) is 0.442. The summed E-state index contributed by atoms with van der Waals surface area (Å²) in [6.45, 7) is 0. The van der Waals surface area contributed by atoms with E-state index < -0.39 is 11.8 Å². The monoisotopic (exact) mass is 414 g/mol. The second-order valence-corrected chi connectivity index (χ2v) is 5.81. The molecule has 0 aliphatic heterocycles. The van der Waals surface area contributed by atoms with Crippen LogP contribution in [0.2, 0.25) is 0 Å². The highest BCUT2D eigenvalue weighted by atomic mass is 79.9. The maximum absolute atomic E-state index is 13.9. The number of hydrogen-bond acceptors (Lipinski definition) is 2. The van der Waals surface area contributed by atoms with Crippen LogP contribution in [0.5, 0.6) is 11.5 Å². The van der Waals surface area contributed by atoms with Crippen molar-refractivity contribution in [3.05, 3.63) is 62.8 Å². The molecule has 6 heteroatoms. The van der Waals surface area contributed by atoms with Gasteiger partial charge in [0.15, 0.2) is 11.6 Å². The molecule has 0 fully saturated rings. The molecular weight excluding hydrogens is 407 g/mol. The van der Waals surface area contributed by atoms with E-state index in [-0.39, 0.29) is 5.75 Å². The summed E-state index contributed by atoms with van der Waals surface area (Å²) in [5.74, 6) is -1.12. The number of carbonyl (C=O) groups is 1. The Morgan fingerprint density at radius 2 is 1.86 bits per heavy atom. The van der Waals surface area contributed by atoms with Crippen molar-refractivity contribution in [2.75, 3.05) is 0 Å². The second kappa shape index (κ2) is 6.87. The van der Waals surface area contributed by atoms with Crippen molar-refractivity contribution in [2.24, 2.45) is 0 Å². The molecule has 0 heterocycles. The van der Waals surface area contributed by atoms with Gasteiger partial charge in [-0.25, -0.2) is 9.18 Å². The first kappa shape index (κ1) is 15.7. The van der Waals surface area contributed by atoms with Gasteiger partial charge < -0.3 is 9.84 Å². The first-order valence-corrected chi connectivity index (χ1v) is 7.38. The highest BCUT2D eigenvalue weighted by Gasteiger charge is 2.08. The lowest BCUT2D eigenvalue weighted by molar-refractivity contribution is -0.131. The zero-order valence-corrected chi connectivity index (χ0v) is 13.7. The summed E-state index contributed by atoms with van der Waals surface area (Å²) in [7, 11) is 0. The van der Waals surface area contributed by atoms with Gasteiger partial charge in [-0.3, -0.25) is 0 Å². The molecule has 0 saturated heterocycles. The van der Waals surface area contributed by atoms with Gasteiger partial charge in [-0.15, -0.1) is 0 Å². The maximum atomic E-state index is 13.9. The molecular formula is C15H9Br2FO3. The molecule has 1 N–H and O–H groups in total. The Hall–Kier alpha value is -1.66. The molecule has 0 saturated carbocycles. The largest absolute Gasteiger partial charge is 0.478 e. The average molecular weight is 416 g/mol. The molecule has 0 amide bonds. The summed E-state index contributed by atoms with van der Waals surface area (Å²) in [4.78, 5) is 10.4. The van der Waals surface area contributed by atoms with Crippen LogP contribution < -0.4 is 4.74 Å². The zero-order valence-electron chi connectivity index (χ0n) is 10.5. The summed E-state index contributed by atoms with van der Waals surface area (Å²) < 4.78 is 21.0. The standard InChI is InChI=1S/C15H9Br2FO3/c16-10-3-5-13(11(17)8-10)21-14-4-1-9(7-12(14)18)2-6-15(19)20/h1-8H,(H,19,20). The molecule has 0 bridgehead atoms. The lowest BCUT2D eigenvalue weighted by Crippen LogP contribution is -1.91. The van der Waals surface area contributed by atoms with E-state index in [1.54, 1.807) is 24.3 Å². The van der Waals surface area contributed by atoms with Crippen LogP contribution in [0.4, 0.5) is 4.39 Å². The van der Waals surface area contributed by atoms with Crippen LogP contribution in [0.1, 0.15) is 5.56 Å². The number of carboxylic acid groups (broad SMARTS) is 1. The van der Waals surface area contributed by atoms with E-state index in [4.69, 9.17) is 9.84 Å². The van der Waals surface area contributed by atoms with E-state index in [9.17, 15) is 9.18 Å². The smallest absolute Gasteiger partial charge is 0.328 e. The van der Waals surface area contributed by atoms with Gasteiger partial charge in [0.25, 0.3) is 0 Å². The normalized spacial score (nSPS) is 10.8. The van der Waals surface area contributed by atoms with Gasteiger partial charge in [0.1, 0.15) is 5.75 Å². The molecule has 0 aliphatic carbocycles. The van der Waals surface area contributed by atoms with Crippen molar-refractivity contribution in [2.45, 2.75) is 0 Å². The highest BCUT2D eigenvalue weighted by Crippen LogP contribution is 2.33. The topological polar surface area (TPSA) is 46.5 Å². The first-order valence-electron chi connectivity index (χ1n) is 5.79. The number of hydrogen-bond donors (Lipinski definition) is 1. The summed E-state index contributed by atoms with van der Waals surface area (Å²) >= 11 is 6.65. The van der Waals surface area contributed by atoms with Crippen molar-refractivity contribution in [3.8, 4) is 11.5 Å². The molecule has 2 aromatic rings. The first-order chi connectivity index (χ1) is 9.95. The molecule has 2 aromatic carbocycles. The van der Waals surface area contributed by atoms with Crippen molar-refractivity contribution in [1.82, 2.24) is 0 Å². The van der Waals surface area contributed by atoms with Crippen molar-refractivity contribution >= 4 is 43.9 Å². The molecule has 21 heavy (non-hydrogen) atoms. The number of carboxylic acids is 1. The Morgan fingerprint density at radius 3 is 2.48 bits per heavy atom. The van der Waals surface area contributed by atoms with Crippen LogP contribution in [0.3, 0.4) is 0 Å². The quantitative estimate of drug-likeness (QED) is 0.694. The Balaban J connectivity index is 2.23. The molecule has 3 nitrogen and oxygen atoms in total. The Bertz CT molecular complexity index is 714. The fourth-order valence-electron chi connectivity index (χ4n) is 1.55. The Kier molecular flexibility index (Phi) is 5.14. The van der Waals surface area contributed by atoms with Gasteiger partial charge in [-0.1, -0.05) is 22.0 Å². The molecule has 0 spiro atoms. The third kappa shape index (κ3) is 4.41. The number of aliphatic carboxylic acids is 1. The highest BCUT2D eigenvalue weighted by molar-refractivity contribution is 9.11. The third-order valence-corrected chi connectivity index (χ3v) is 3.60. The van der Waals surface area contributed by atoms with Gasteiger partial charge in [-0.2, -0.15) is 0 Å². The SMILES string of the molecule is O=C(O)C=Cc1ccc(Oc2ccc(Br)cc2Br)c(F)c1. The Morgan fingerprint density at radius 1 is 1.14 bits per heavy atom. The van der Waals surface area contributed by atoms with Crippen LogP contribution >= 0.6 is 31.9 Å². The van der Waals surface area contributed by atoms with Gasteiger partial charge in [0, 0.05) is 10.5 Å². The van der Waals surface area contributed by atoms with Gasteiger partial charge in [0.2, 0.25) is 0 Å². The minimum absolute atomic E-state index is 0.0606. The predicted molar refractivity (Wildman–Crippen MR) is 85.0 cm³/mol. The number of ether oxygens (including phenoxy) is 1. The van der Waals surface area contributed by atoms with E-state index in [2.05, 4.69) is 31.9 Å². The molecule has 0 aromatic heterocycles. The minimum Gasteiger partial charge on any atom is -0.478 e. The molecule has 2 rings (SSSR count). The second-order valence-electron chi connectivity index (χ2n) is 4.04. The van der Waals surface area contributed by atoms with Crippen LogP contribution in [0.15, 0.2) is 51.4 Å². The van der Waals surface area contributed by atoms with Crippen LogP contribution in [0.25, 0.3) is 6.08 Å². The van der Waals surface area contributed by atoms with E-state index in [1.807, 2.05) is 0 Å². The van der Waals surface area contributed by atoms with Crippen molar-refractivity contribution < 1.29 is 19.0 Å². The molecule has 0 unspecified atom stereocenters. The predicted octanol–water partition coefficient (Wildman–Crippen LogP) is 5.24. The lowest BCUT2D eigenvalue weighted by Gasteiger charge is -2.09. The lowest BCUT2D eigenvalue weighted by atomic mass is 10.2. The van der Waals surface area contributed by atoms with E-state index in [0.29, 0.717) is 15.8 Å². The minimum atomic E-state index is -1.09. The zero-order chi connectivity index (χ0) is 15.4. The van der Waals surface area contributed by atoms with Gasteiger partial charge in [0.05, 0.1) is 4.47 Å². The van der Waals surface area contributed by atoms with E-state index in [0.717, 1.165) is 10.5 Å². The number of benzene rings is 2. The maximum Gasteiger partial charge on any atom is 0.328 e. The van der Waals surface area contributed by atoms with Crippen LogP contribution in [0, 0.1) is 5.82 Å². The molecule has 0 atom stereocenters. The summed E-state index contributed by atoms with van der Waals surface area (Å²) in [6.07, 6.45) is 2.26. The number of rotatable bonds is 4. The summed E-state index contributed by atoms with van der Waals surface area (Å²) in [6, 6.07) is 9.50. The van der Waals surface area contributed by atoms with Crippen LogP contribution in [-0.2, 0) is 4.79 Å². The fraction of sp³-hybridized carbons (Fsp3) is 0. The Labute approximate surface area is 137 Å². The molecule has 108 valence electrons. The van der Waals surface area contributed by atoms with Gasteiger partial charge >= 0.3 is 5.97 Å². The van der Waals surface area contributed by atoms with E-state index in [1.165, 1.54) is 18.2 Å². The third-order valence-electron chi connectivity index (χ3n) is 2.49. The van der Waals surface area contributed by atoms with Crippen molar-refractivity contribution in [3.63, 3.8) is 0 Å². The fourth-order valence-corrected chi connectivity index (χ4v) is 2.68. The number of halogens is 3. The molecule has 0 aliphatic rings. The average Bonchev–Trinajstić information content (AvgIpc) is 2.42. The van der Waals surface area contributed by atoms with Crippen molar-refractivity contribution in [1.29, 1.82) is 0 Å². The van der Waals surface area contributed by atoms with E-state index >= 15 is 0 Å².